The Labute approximate surface area is 119 Å². The second-order valence-electron chi connectivity index (χ2n) is 4.89. The van der Waals surface area contributed by atoms with Crippen LogP contribution >= 0.6 is 0 Å². The van der Waals surface area contributed by atoms with E-state index in [1.54, 1.807) is 6.92 Å². The molecular weight excluding hydrogens is 282 g/mol. The van der Waals surface area contributed by atoms with Crippen LogP contribution in [0.25, 0.3) is 0 Å². The van der Waals surface area contributed by atoms with E-state index in [2.05, 4.69) is 15.5 Å². The number of tetrazole rings is 1. The fourth-order valence-corrected chi connectivity index (χ4v) is 1.98. The predicted octanol–water partition coefficient (Wildman–Crippen LogP) is 1.65. The molecule has 0 spiro atoms. The van der Waals surface area contributed by atoms with Gasteiger partial charge in [-0.05, 0) is 28.0 Å². The van der Waals surface area contributed by atoms with Crippen molar-refractivity contribution in [3.05, 3.63) is 41.2 Å². The van der Waals surface area contributed by atoms with Crippen molar-refractivity contribution >= 4 is 5.97 Å². The third-order valence-electron chi connectivity index (χ3n) is 2.98. The molecule has 1 atom stereocenters. The van der Waals surface area contributed by atoms with Crippen LogP contribution in [0.4, 0.5) is 8.78 Å². The van der Waals surface area contributed by atoms with Gasteiger partial charge in [0.1, 0.15) is 11.6 Å². The van der Waals surface area contributed by atoms with E-state index in [0.717, 1.165) is 6.07 Å². The van der Waals surface area contributed by atoms with Crippen molar-refractivity contribution < 1.29 is 18.7 Å². The molecule has 0 aliphatic heterocycles. The molecule has 0 fully saturated rings. The number of halogens is 2. The predicted molar refractivity (Wildman–Crippen MR) is 68.4 cm³/mol. The molecule has 6 nitrogen and oxygen atoms in total. The molecule has 2 rings (SSSR count). The lowest BCUT2D eigenvalue weighted by atomic mass is 10.1. The summed E-state index contributed by atoms with van der Waals surface area (Å²) in [5.41, 5.74) is 0.276. The first-order chi connectivity index (χ1) is 9.95. The normalized spacial score (nSPS) is 12.3. The summed E-state index contributed by atoms with van der Waals surface area (Å²) in [6.45, 7) is 2.08. The summed E-state index contributed by atoms with van der Waals surface area (Å²) in [7, 11) is 0. The summed E-state index contributed by atoms with van der Waals surface area (Å²) in [5, 5.41) is 19.8. The zero-order valence-electron chi connectivity index (χ0n) is 11.3. The van der Waals surface area contributed by atoms with Gasteiger partial charge < -0.3 is 5.11 Å². The highest BCUT2D eigenvalue weighted by Crippen LogP contribution is 2.14. The van der Waals surface area contributed by atoms with Gasteiger partial charge in [-0.3, -0.25) is 4.79 Å². The third-order valence-corrected chi connectivity index (χ3v) is 2.98. The van der Waals surface area contributed by atoms with E-state index in [1.807, 2.05) is 0 Å². The van der Waals surface area contributed by atoms with Crippen molar-refractivity contribution in [3.63, 3.8) is 0 Å². The topological polar surface area (TPSA) is 80.9 Å². The number of carboxylic acids is 1. The lowest BCUT2D eigenvalue weighted by Gasteiger charge is -2.10. The maximum absolute atomic E-state index is 13.6. The first-order valence-corrected chi connectivity index (χ1v) is 6.36. The van der Waals surface area contributed by atoms with E-state index in [-0.39, 0.29) is 24.3 Å². The lowest BCUT2D eigenvalue weighted by Crippen LogP contribution is -2.15. The average Bonchev–Trinajstić information content (AvgIpc) is 2.79. The second-order valence-corrected chi connectivity index (χ2v) is 4.89. The maximum Gasteiger partial charge on any atom is 0.303 e. The molecule has 0 radical (unpaired) electrons. The first kappa shape index (κ1) is 15.0. The molecule has 0 saturated heterocycles. The van der Waals surface area contributed by atoms with E-state index in [9.17, 15) is 13.6 Å². The molecule has 0 aliphatic rings. The number of hydrogen-bond acceptors (Lipinski definition) is 4. The van der Waals surface area contributed by atoms with Gasteiger partial charge in [-0.15, -0.1) is 5.10 Å². The molecule has 0 saturated carbocycles. The van der Waals surface area contributed by atoms with Crippen molar-refractivity contribution in [3.8, 4) is 0 Å². The Bertz CT molecular complexity index is 645. The summed E-state index contributed by atoms with van der Waals surface area (Å²) >= 11 is 0. The van der Waals surface area contributed by atoms with Crippen LogP contribution < -0.4 is 0 Å². The van der Waals surface area contributed by atoms with Crippen molar-refractivity contribution in [1.29, 1.82) is 0 Å². The van der Waals surface area contributed by atoms with Gasteiger partial charge in [0.15, 0.2) is 5.82 Å². The summed E-state index contributed by atoms with van der Waals surface area (Å²) in [4.78, 5) is 10.6. The highest BCUT2D eigenvalue weighted by Gasteiger charge is 2.15. The average molecular weight is 296 g/mol. The van der Waals surface area contributed by atoms with Gasteiger partial charge in [0.05, 0.1) is 0 Å². The fourth-order valence-electron chi connectivity index (χ4n) is 1.98. The van der Waals surface area contributed by atoms with Gasteiger partial charge in [0.2, 0.25) is 0 Å². The Morgan fingerprint density at radius 1 is 1.43 bits per heavy atom. The van der Waals surface area contributed by atoms with Crippen LogP contribution in [0.2, 0.25) is 0 Å². The molecule has 1 unspecified atom stereocenters. The largest absolute Gasteiger partial charge is 0.481 e. The summed E-state index contributed by atoms with van der Waals surface area (Å²) in [5.74, 6) is -1.98. The van der Waals surface area contributed by atoms with Crippen LogP contribution in [0, 0.1) is 17.6 Å². The van der Waals surface area contributed by atoms with Gasteiger partial charge in [-0.25, -0.2) is 13.5 Å². The quantitative estimate of drug-likeness (QED) is 0.876. The highest BCUT2D eigenvalue weighted by atomic mass is 19.1. The van der Waals surface area contributed by atoms with E-state index in [0.29, 0.717) is 12.4 Å². The maximum atomic E-state index is 13.6. The SMILES string of the molecule is CC(CC(=O)O)Cn1nnnc1Cc1ccc(F)cc1F. The zero-order valence-corrected chi connectivity index (χ0v) is 11.3. The molecule has 1 aromatic heterocycles. The van der Waals surface area contributed by atoms with E-state index >= 15 is 0 Å². The molecule has 1 heterocycles. The van der Waals surface area contributed by atoms with Crippen LogP contribution in [0.1, 0.15) is 24.7 Å². The van der Waals surface area contributed by atoms with Gasteiger partial charge in [-0.2, -0.15) is 0 Å². The Kier molecular flexibility index (Phi) is 4.56. The lowest BCUT2D eigenvalue weighted by molar-refractivity contribution is -0.138. The highest BCUT2D eigenvalue weighted by molar-refractivity contribution is 5.66. The van der Waals surface area contributed by atoms with Gasteiger partial charge in [0, 0.05) is 25.5 Å². The Morgan fingerprint density at radius 2 is 2.19 bits per heavy atom. The van der Waals surface area contributed by atoms with Crippen LogP contribution in [-0.4, -0.2) is 31.3 Å². The molecule has 1 N–H and O–H groups in total. The van der Waals surface area contributed by atoms with Crippen LogP contribution in [0.15, 0.2) is 18.2 Å². The van der Waals surface area contributed by atoms with Crippen LogP contribution in [-0.2, 0) is 17.8 Å². The number of benzene rings is 1. The van der Waals surface area contributed by atoms with E-state index in [4.69, 9.17) is 5.11 Å². The monoisotopic (exact) mass is 296 g/mol. The number of aromatic nitrogens is 4. The minimum absolute atomic E-state index is 0.00971. The molecule has 0 bridgehead atoms. The van der Waals surface area contributed by atoms with Gasteiger partial charge >= 0.3 is 5.97 Å². The first-order valence-electron chi connectivity index (χ1n) is 6.36. The summed E-state index contributed by atoms with van der Waals surface area (Å²) in [6.07, 6.45) is 0.100. The summed E-state index contributed by atoms with van der Waals surface area (Å²) < 4.78 is 27.9. The Morgan fingerprint density at radius 3 is 2.86 bits per heavy atom. The molecule has 112 valence electrons. The number of aliphatic carboxylic acids is 1. The van der Waals surface area contributed by atoms with Gasteiger partial charge in [-0.1, -0.05) is 13.0 Å². The standard InChI is InChI=1S/C13H14F2N4O2/c1-8(4-13(20)21)7-19-12(16-17-18-19)5-9-2-3-10(14)6-11(9)15/h2-3,6,8H,4-5,7H2,1H3,(H,20,21). The Hall–Kier alpha value is -2.38. The zero-order chi connectivity index (χ0) is 15.4. The number of nitrogens with zero attached hydrogens (tertiary/aromatic N) is 4. The fraction of sp³-hybridized carbons (Fsp3) is 0.385. The number of carboxylic acid groups (broad SMARTS) is 1. The molecule has 8 heteroatoms. The van der Waals surface area contributed by atoms with Crippen molar-refractivity contribution in [2.75, 3.05) is 0 Å². The smallest absolute Gasteiger partial charge is 0.303 e. The van der Waals surface area contributed by atoms with Crippen molar-refractivity contribution in [1.82, 2.24) is 20.2 Å². The molecule has 2 aromatic rings. The molecule has 0 amide bonds. The second kappa shape index (κ2) is 6.38. The minimum atomic E-state index is -0.901. The van der Waals surface area contributed by atoms with Crippen molar-refractivity contribution in [2.24, 2.45) is 5.92 Å². The number of hydrogen-bond donors (Lipinski definition) is 1. The third kappa shape index (κ3) is 4.04. The summed E-state index contributed by atoms with van der Waals surface area (Å²) in [6, 6.07) is 3.31. The number of carbonyl (C=O) groups is 1. The molecule has 1 aromatic carbocycles. The molecule has 21 heavy (non-hydrogen) atoms. The van der Waals surface area contributed by atoms with Crippen molar-refractivity contribution in [2.45, 2.75) is 26.3 Å². The Balaban J connectivity index is 2.11. The number of rotatable bonds is 6. The van der Waals surface area contributed by atoms with E-state index < -0.39 is 17.6 Å². The van der Waals surface area contributed by atoms with E-state index in [1.165, 1.54) is 16.8 Å². The van der Waals surface area contributed by atoms with Gasteiger partial charge in [0.25, 0.3) is 0 Å². The molecule has 0 aliphatic carbocycles. The van der Waals surface area contributed by atoms with Crippen LogP contribution in [0.5, 0.6) is 0 Å². The minimum Gasteiger partial charge on any atom is -0.481 e. The van der Waals surface area contributed by atoms with Crippen LogP contribution in [0.3, 0.4) is 0 Å². The molecular formula is C13H14F2N4O2.